The fraction of sp³-hybridized carbons (Fsp3) is 0.300. The van der Waals surface area contributed by atoms with Gasteiger partial charge in [0.15, 0.2) is 0 Å². The second-order valence-corrected chi connectivity index (χ2v) is 6.85. The van der Waals surface area contributed by atoms with Crippen LogP contribution in [0.4, 0.5) is 0 Å². The predicted octanol–water partition coefficient (Wildman–Crippen LogP) is 3.62. The summed E-state index contributed by atoms with van der Waals surface area (Å²) in [5.74, 6) is -0.396. The summed E-state index contributed by atoms with van der Waals surface area (Å²) in [6, 6.07) is 11.8. The fourth-order valence-electron chi connectivity index (χ4n) is 2.48. The molecule has 2 aromatic rings. The Morgan fingerprint density at radius 2 is 1.64 bits per heavy atom. The molecule has 0 aliphatic carbocycles. The highest BCUT2D eigenvalue weighted by molar-refractivity contribution is 5.94. The van der Waals surface area contributed by atoms with Gasteiger partial charge in [-0.25, -0.2) is 4.79 Å². The standard InChI is InChI=1S/C20H23NO4/c1-20(2,3)16-11-15(9-10-17(16)25-4)18(22)21-12-13-5-7-14(8-6-13)19(23)24/h5-11H,12H2,1-4H3,(H,21,22)(H,23,24). The Morgan fingerprint density at radius 3 is 2.16 bits per heavy atom. The zero-order valence-corrected chi connectivity index (χ0v) is 14.9. The molecule has 0 aromatic heterocycles. The molecule has 2 rings (SSSR count). The number of hydrogen-bond acceptors (Lipinski definition) is 3. The van der Waals surface area contributed by atoms with Gasteiger partial charge in [0.1, 0.15) is 5.75 Å². The number of carbonyl (C=O) groups is 2. The lowest BCUT2D eigenvalue weighted by Crippen LogP contribution is -2.24. The number of benzene rings is 2. The number of nitrogens with one attached hydrogen (secondary N) is 1. The number of methoxy groups -OCH3 is 1. The summed E-state index contributed by atoms with van der Waals surface area (Å²) >= 11 is 0. The number of hydrogen-bond donors (Lipinski definition) is 2. The van der Waals surface area contributed by atoms with Crippen LogP contribution in [-0.4, -0.2) is 24.1 Å². The molecule has 0 saturated carbocycles. The molecule has 5 heteroatoms. The van der Waals surface area contributed by atoms with Crippen molar-refractivity contribution in [3.8, 4) is 5.75 Å². The highest BCUT2D eigenvalue weighted by Gasteiger charge is 2.20. The van der Waals surface area contributed by atoms with E-state index >= 15 is 0 Å². The predicted molar refractivity (Wildman–Crippen MR) is 96.3 cm³/mol. The summed E-state index contributed by atoms with van der Waals surface area (Å²) in [7, 11) is 1.62. The molecule has 1 amide bonds. The molecule has 0 aliphatic rings. The number of amides is 1. The summed E-state index contributed by atoms with van der Waals surface area (Å²) < 4.78 is 5.39. The van der Waals surface area contributed by atoms with Gasteiger partial charge in [0.25, 0.3) is 5.91 Å². The van der Waals surface area contributed by atoms with E-state index in [1.165, 1.54) is 12.1 Å². The maximum Gasteiger partial charge on any atom is 0.335 e. The van der Waals surface area contributed by atoms with Gasteiger partial charge in [0.2, 0.25) is 0 Å². The van der Waals surface area contributed by atoms with Crippen molar-refractivity contribution < 1.29 is 19.4 Å². The highest BCUT2D eigenvalue weighted by atomic mass is 16.5. The average Bonchev–Trinajstić information content (AvgIpc) is 2.58. The Kier molecular flexibility index (Phi) is 5.47. The first-order valence-corrected chi connectivity index (χ1v) is 8.01. The fourth-order valence-corrected chi connectivity index (χ4v) is 2.48. The van der Waals surface area contributed by atoms with Gasteiger partial charge in [-0.2, -0.15) is 0 Å². The summed E-state index contributed by atoms with van der Waals surface area (Å²) in [4.78, 5) is 23.3. The van der Waals surface area contributed by atoms with Gasteiger partial charge < -0.3 is 15.2 Å². The number of carboxylic acids is 1. The first-order valence-electron chi connectivity index (χ1n) is 8.01. The molecule has 0 heterocycles. The van der Waals surface area contributed by atoms with Crippen LogP contribution in [0.3, 0.4) is 0 Å². The Morgan fingerprint density at radius 1 is 1.04 bits per heavy atom. The van der Waals surface area contributed by atoms with Crippen molar-refractivity contribution in [3.63, 3.8) is 0 Å². The van der Waals surface area contributed by atoms with Gasteiger partial charge in [-0.15, -0.1) is 0 Å². The maximum atomic E-state index is 12.4. The summed E-state index contributed by atoms with van der Waals surface area (Å²) in [5, 5.41) is 11.7. The van der Waals surface area contributed by atoms with E-state index in [2.05, 4.69) is 26.1 Å². The van der Waals surface area contributed by atoms with Gasteiger partial charge in [-0.05, 0) is 41.3 Å². The van der Waals surface area contributed by atoms with E-state index in [-0.39, 0.29) is 16.9 Å². The van der Waals surface area contributed by atoms with Gasteiger partial charge in [0.05, 0.1) is 12.7 Å². The minimum atomic E-state index is -0.969. The van der Waals surface area contributed by atoms with Crippen molar-refractivity contribution in [1.82, 2.24) is 5.32 Å². The Balaban J connectivity index is 2.11. The van der Waals surface area contributed by atoms with Gasteiger partial charge in [-0.1, -0.05) is 32.9 Å². The summed E-state index contributed by atoms with van der Waals surface area (Å²) in [6.07, 6.45) is 0. The van der Waals surface area contributed by atoms with Crippen LogP contribution in [0.1, 0.15) is 52.6 Å². The Hall–Kier alpha value is -2.82. The molecule has 2 N–H and O–H groups in total. The van der Waals surface area contributed by atoms with Crippen LogP contribution in [0.5, 0.6) is 5.75 Å². The van der Waals surface area contributed by atoms with Crippen molar-refractivity contribution in [3.05, 3.63) is 64.7 Å². The smallest absolute Gasteiger partial charge is 0.335 e. The topological polar surface area (TPSA) is 75.6 Å². The number of rotatable bonds is 5. The van der Waals surface area contributed by atoms with Gasteiger partial charge in [0, 0.05) is 17.7 Å². The molecule has 0 radical (unpaired) electrons. The molecule has 0 aliphatic heterocycles. The van der Waals surface area contributed by atoms with Crippen LogP contribution in [0.25, 0.3) is 0 Å². The van der Waals surface area contributed by atoms with Gasteiger partial charge in [-0.3, -0.25) is 4.79 Å². The molecule has 25 heavy (non-hydrogen) atoms. The molecule has 5 nitrogen and oxygen atoms in total. The van der Waals surface area contributed by atoms with Gasteiger partial charge >= 0.3 is 5.97 Å². The molecule has 0 bridgehead atoms. The lowest BCUT2D eigenvalue weighted by atomic mass is 9.85. The Bertz CT molecular complexity index is 773. The van der Waals surface area contributed by atoms with Crippen molar-refractivity contribution in [2.75, 3.05) is 7.11 Å². The molecular weight excluding hydrogens is 318 g/mol. The minimum absolute atomic E-state index is 0.145. The Labute approximate surface area is 147 Å². The highest BCUT2D eigenvalue weighted by Crippen LogP contribution is 2.32. The molecule has 132 valence electrons. The molecule has 0 spiro atoms. The zero-order chi connectivity index (χ0) is 18.6. The van der Waals surface area contributed by atoms with Crippen LogP contribution >= 0.6 is 0 Å². The summed E-state index contributed by atoms with van der Waals surface area (Å²) in [5.41, 5.74) is 2.44. The number of carbonyl (C=O) groups excluding carboxylic acids is 1. The maximum absolute atomic E-state index is 12.4. The normalized spacial score (nSPS) is 11.0. The number of aromatic carboxylic acids is 1. The number of ether oxygens (including phenoxy) is 1. The van der Waals surface area contributed by atoms with Crippen molar-refractivity contribution in [2.24, 2.45) is 0 Å². The third kappa shape index (κ3) is 4.59. The van der Waals surface area contributed by atoms with Crippen LogP contribution in [0.15, 0.2) is 42.5 Å². The molecule has 0 saturated heterocycles. The first kappa shape index (κ1) is 18.5. The quantitative estimate of drug-likeness (QED) is 0.871. The minimum Gasteiger partial charge on any atom is -0.496 e. The van der Waals surface area contributed by atoms with Crippen LogP contribution in [0.2, 0.25) is 0 Å². The third-order valence-electron chi connectivity index (χ3n) is 3.92. The second-order valence-electron chi connectivity index (χ2n) is 6.85. The SMILES string of the molecule is COc1ccc(C(=O)NCc2ccc(C(=O)O)cc2)cc1C(C)(C)C. The van der Waals surface area contributed by atoms with E-state index in [1.54, 1.807) is 31.4 Å². The van der Waals surface area contributed by atoms with E-state index in [4.69, 9.17) is 9.84 Å². The van der Waals surface area contributed by atoms with E-state index < -0.39 is 5.97 Å². The van der Waals surface area contributed by atoms with E-state index in [0.29, 0.717) is 12.1 Å². The van der Waals surface area contributed by atoms with Crippen molar-refractivity contribution in [2.45, 2.75) is 32.7 Å². The molecule has 0 fully saturated rings. The van der Waals surface area contributed by atoms with Crippen LogP contribution in [0, 0.1) is 0 Å². The molecule has 0 unspecified atom stereocenters. The second kappa shape index (κ2) is 7.38. The average molecular weight is 341 g/mol. The largest absolute Gasteiger partial charge is 0.496 e. The van der Waals surface area contributed by atoms with Crippen molar-refractivity contribution in [1.29, 1.82) is 0 Å². The molecule has 0 atom stereocenters. The van der Waals surface area contributed by atoms with E-state index in [9.17, 15) is 9.59 Å². The monoisotopic (exact) mass is 341 g/mol. The summed E-state index contributed by atoms with van der Waals surface area (Å²) in [6.45, 7) is 6.53. The van der Waals surface area contributed by atoms with E-state index in [0.717, 1.165) is 16.9 Å². The van der Waals surface area contributed by atoms with Crippen LogP contribution < -0.4 is 10.1 Å². The van der Waals surface area contributed by atoms with Crippen LogP contribution in [-0.2, 0) is 12.0 Å². The number of carboxylic acid groups (broad SMARTS) is 1. The van der Waals surface area contributed by atoms with Crippen molar-refractivity contribution >= 4 is 11.9 Å². The molecular formula is C20H23NO4. The lowest BCUT2D eigenvalue weighted by Gasteiger charge is -2.22. The zero-order valence-electron chi connectivity index (χ0n) is 14.9. The van der Waals surface area contributed by atoms with E-state index in [1.807, 2.05) is 6.07 Å². The first-order chi connectivity index (χ1) is 11.7. The lowest BCUT2D eigenvalue weighted by molar-refractivity contribution is 0.0696. The molecule has 2 aromatic carbocycles. The third-order valence-corrected chi connectivity index (χ3v) is 3.92.